The van der Waals surface area contributed by atoms with Crippen LogP contribution in [0.3, 0.4) is 0 Å². The highest BCUT2D eigenvalue weighted by atomic mass is 35.5. The van der Waals surface area contributed by atoms with Gasteiger partial charge in [-0.2, -0.15) is 0 Å². The second kappa shape index (κ2) is 4.80. The number of halogens is 4. The lowest BCUT2D eigenvalue weighted by molar-refractivity contribution is 1.33. The molecule has 2 aromatic rings. The fraction of sp³-hybridized carbons (Fsp3) is 0. The van der Waals surface area contributed by atoms with Crippen LogP contribution in [0.25, 0.3) is 11.1 Å². The van der Waals surface area contributed by atoms with E-state index in [1.165, 1.54) is 0 Å². The van der Waals surface area contributed by atoms with Crippen LogP contribution in [0.15, 0.2) is 30.3 Å². The molecule has 0 atom stereocenters. The van der Waals surface area contributed by atoms with Crippen molar-refractivity contribution < 1.29 is 0 Å². The third kappa shape index (κ3) is 2.44. The molecule has 2 rings (SSSR count). The summed E-state index contributed by atoms with van der Waals surface area (Å²) >= 11 is 23.5. The van der Waals surface area contributed by atoms with Crippen LogP contribution < -0.4 is 0 Å². The van der Waals surface area contributed by atoms with Crippen LogP contribution in [0.5, 0.6) is 0 Å². The van der Waals surface area contributed by atoms with Gasteiger partial charge in [-0.3, -0.25) is 0 Å². The van der Waals surface area contributed by atoms with Crippen LogP contribution in [-0.2, 0) is 0 Å². The van der Waals surface area contributed by atoms with Gasteiger partial charge in [0.25, 0.3) is 0 Å². The third-order valence-corrected chi connectivity index (χ3v) is 3.28. The Morgan fingerprint density at radius 3 is 2.19 bits per heavy atom. The fourth-order valence-corrected chi connectivity index (χ4v) is 2.04. The minimum atomic E-state index is 0.339. The van der Waals surface area contributed by atoms with Crippen molar-refractivity contribution in [3.8, 4) is 11.1 Å². The van der Waals surface area contributed by atoms with E-state index in [9.17, 15) is 0 Å². The molecule has 5 heteroatoms. The Balaban J connectivity index is 2.54. The first kappa shape index (κ1) is 12.0. The molecule has 16 heavy (non-hydrogen) atoms. The maximum absolute atomic E-state index is 5.98. The average molecular weight is 293 g/mol. The summed E-state index contributed by atoms with van der Waals surface area (Å²) in [6.07, 6.45) is 0. The Bertz CT molecular complexity index is 540. The van der Waals surface area contributed by atoms with Crippen molar-refractivity contribution in [3.05, 3.63) is 50.7 Å². The van der Waals surface area contributed by atoms with Gasteiger partial charge >= 0.3 is 0 Å². The number of rotatable bonds is 1. The molecule has 82 valence electrons. The molecule has 0 fully saturated rings. The van der Waals surface area contributed by atoms with Gasteiger partial charge in [0.05, 0.1) is 10.0 Å². The second-order valence-electron chi connectivity index (χ2n) is 3.10. The zero-order valence-corrected chi connectivity index (χ0v) is 10.9. The van der Waals surface area contributed by atoms with Gasteiger partial charge in [-0.1, -0.05) is 52.5 Å². The molecule has 1 heterocycles. The molecular formula is C11H5Cl4N. The summed E-state index contributed by atoms with van der Waals surface area (Å²) in [5.74, 6) is 0. The number of nitrogens with zero attached hydrogens (tertiary/aromatic N) is 1. The molecule has 0 N–H and O–H groups in total. The molecule has 0 aliphatic rings. The van der Waals surface area contributed by atoms with Crippen molar-refractivity contribution in [3.63, 3.8) is 0 Å². The van der Waals surface area contributed by atoms with E-state index >= 15 is 0 Å². The zero-order chi connectivity index (χ0) is 11.7. The highest BCUT2D eigenvalue weighted by Gasteiger charge is 2.07. The van der Waals surface area contributed by atoms with E-state index in [2.05, 4.69) is 4.98 Å². The summed E-state index contributed by atoms with van der Waals surface area (Å²) in [5.41, 5.74) is 1.62. The van der Waals surface area contributed by atoms with Crippen LogP contribution in [-0.4, -0.2) is 4.98 Å². The summed E-state index contributed by atoms with van der Waals surface area (Å²) in [6, 6.07) is 8.73. The molecule has 1 aromatic carbocycles. The lowest BCUT2D eigenvalue weighted by atomic mass is 10.1. The lowest BCUT2D eigenvalue weighted by Crippen LogP contribution is -1.84. The predicted molar refractivity (Wildman–Crippen MR) is 69.7 cm³/mol. The summed E-state index contributed by atoms with van der Waals surface area (Å²) in [6.45, 7) is 0. The van der Waals surface area contributed by atoms with Crippen LogP contribution in [0.2, 0.25) is 20.4 Å². The summed E-state index contributed by atoms with van der Waals surface area (Å²) in [7, 11) is 0. The van der Waals surface area contributed by atoms with Gasteiger partial charge < -0.3 is 0 Å². The zero-order valence-electron chi connectivity index (χ0n) is 7.85. The number of hydrogen-bond donors (Lipinski definition) is 0. The minimum Gasteiger partial charge on any atom is -0.224 e. The quantitative estimate of drug-likeness (QED) is 0.645. The molecule has 1 nitrogen and oxygen atoms in total. The fourth-order valence-electron chi connectivity index (χ4n) is 1.29. The van der Waals surface area contributed by atoms with Crippen molar-refractivity contribution in [1.29, 1.82) is 0 Å². The first-order valence-corrected chi connectivity index (χ1v) is 5.86. The van der Waals surface area contributed by atoms with Crippen LogP contribution in [0.4, 0.5) is 0 Å². The lowest BCUT2D eigenvalue weighted by Gasteiger charge is -2.05. The Morgan fingerprint density at radius 1 is 0.812 bits per heavy atom. The Morgan fingerprint density at radius 2 is 1.56 bits per heavy atom. The van der Waals surface area contributed by atoms with E-state index in [1.54, 1.807) is 24.3 Å². The summed E-state index contributed by atoms with van der Waals surface area (Å²) in [5, 5.41) is 1.67. The van der Waals surface area contributed by atoms with Gasteiger partial charge in [0.1, 0.15) is 10.3 Å². The minimum absolute atomic E-state index is 0.339. The third-order valence-electron chi connectivity index (χ3n) is 2.05. The molecular weight excluding hydrogens is 288 g/mol. The largest absolute Gasteiger partial charge is 0.224 e. The number of benzene rings is 1. The standard InChI is InChI=1S/C11H5Cl4N/c12-8-3-1-6(5-9(8)13)7-2-4-10(14)16-11(7)15/h1-5H. The molecule has 0 saturated heterocycles. The Kier molecular flexibility index (Phi) is 3.60. The van der Waals surface area contributed by atoms with Crippen LogP contribution in [0, 0.1) is 0 Å². The SMILES string of the molecule is Clc1ccc(-c2ccc(Cl)c(Cl)c2)c(Cl)n1. The van der Waals surface area contributed by atoms with Crippen LogP contribution in [0.1, 0.15) is 0 Å². The van der Waals surface area contributed by atoms with Gasteiger partial charge in [-0.25, -0.2) is 4.98 Å². The molecule has 0 amide bonds. The summed E-state index contributed by atoms with van der Waals surface area (Å²) < 4.78 is 0. The number of aromatic nitrogens is 1. The number of hydrogen-bond acceptors (Lipinski definition) is 1. The monoisotopic (exact) mass is 291 g/mol. The van der Waals surface area contributed by atoms with Gasteiger partial charge in [0, 0.05) is 5.56 Å². The van der Waals surface area contributed by atoms with E-state index < -0.39 is 0 Å². The van der Waals surface area contributed by atoms with Crippen LogP contribution >= 0.6 is 46.4 Å². The topological polar surface area (TPSA) is 12.9 Å². The second-order valence-corrected chi connectivity index (χ2v) is 4.66. The van der Waals surface area contributed by atoms with E-state index in [-0.39, 0.29) is 0 Å². The van der Waals surface area contributed by atoms with Gasteiger partial charge in [0.2, 0.25) is 0 Å². The van der Waals surface area contributed by atoms with Crippen molar-refractivity contribution in [1.82, 2.24) is 4.98 Å². The van der Waals surface area contributed by atoms with E-state index in [1.807, 2.05) is 6.07 Å². The van der Waals surface area contributed by atoms with Crippen molar-refractivity contribution in [2.75, 3.05) is 0 Å². The first-order chi connectivity index (χ1) is 7.58. The smallest absolute Gasteiger partial charge is 0.138 e. The molecule has 0 bridgehead atoms. The Labute approximate surface area is 113 Å². The van der Waals surface area contributed by atoms with Crippen molar-refractivity contribution >= 4 is 46.4 Å². The molecule has 0 saturated carbocycles. The van der Waals surface area contributed by atoms with Crippen molar-refractivity contribution in [2.45, 2.75) is 0 Å². The maximum atomic E-state index is 5.98. The maximum Gasteiger partial charge on any atom is 0.138 e. The van der Waals surface area contributed by atoms with Crippen molar-refractivity contribution in [2.24, 2.45) is 0 Å². The van der Waals surface area contributed by atoms with E-state index in [4.69, 9.17) is 46.4 Å². The normalized spacial score (nSPS) is 10.5. The average Bonchev–Trinajstić information content (AvgIpc) is 2.22. The van der Waals surface area contributed by atoms with E-state index in [0.717, 1.165) is 11.1 Å². The molecule has 0 radical (unpaired) electrons. The van der Waals surface area contributed by atoms with Gasteiger partial charge in [-0.05, 0) is 29.8 Å². The molecule has 0 aliphatic heterocycles. The first-order valence-electron chi connectivity index (χ1n) is 4.35. The highest BCUT2D eigenvalue weighted by Crippen LogP contribution is 2.32. The highest BCUT2D eigenvalue weighted by molar-refractivity contribution is 6.42. The number of pyridine rings is 1. The predicted octanol–water partition coefficient (Wildman–Crippen LogP) is 5.36. The Hall–Kier alpha value is -0.470. The molecule has 1 aromatic heterocycles. The van der Waals surface area contributed by atoms with Gasteiger partial charge in [-0.15, -0.1) is 0 Å². The summed E-state index contributed by atoms with van der Waals surface area (Å²) in [4.78, 5) is 3.96. The molecule has 0 spiro atoms. The molecule has 0 unspecified atom stereocenters. The van der Waals surface area contributed by atoms with E-state index in [0.29, 0.717) is 20.4 Å². The van der Waals surface area contributed by atoms with Gasteiger partial charge in [0.15, 0.2) is 0 Å². The molecule has 0 aliphatic carbocycles.